The molecule has 144 valence electrons. The van der Waals surface area contributed by atoms with Gasteiger partial charge in [0.2, 0.25) is 0 Å². The fourth-order valence-corrected chi connectivity index (χ4v) is 3.25. The molecule has 1 unspecified atom stereocenters. The lowest BCUT2D eigenvalue weighted by Crippen LogP contribution is -2.40. The topological polar surface area (TPSA) is 74.5 Å². The Morgan fingerprint density at radius 3 is 2.48 bits per heavy atom. The largest absolute Gasteiger partial charge is 0.396 e. The number of nitrogens with zero attached hydrogens (tertiary/aromatic N) is 3. The van der Waals surface area contributed by atoms with Crippen molar-refractivity contribution < 1.29 is 5.11 Å². The van der Waals surface area contributed by atoms with E-state index in [1.165, 1.54) is 11.3 Å². The fraction of sp³-hybridized carbons (Fsp3) is 0.789. The van der Waals surface area contributed by atoms with Gasteiger partial charge in [-0.1, -0.05) is 27.2 Å². The van der Waals surface area contributed by atoms with Crippen molar-refractivity contribution in [2.75, 3.05) is 19.7 Å². The maximum Gasteiger partial charge on any atom is 0.191 e. The van der Waals surface area contributed by atoms with Gasteiger partial charge in [0.1, 0.15) is 0 Å². The van der Waals surface area contributed by atoms with E-state index in [-0.39, 0.29) is 6.61 Å². The standard InChI is InChI=1S/C19H37N5O/c1-6-10-15(11-12-25)13-21-19(20-9-4)22-14-16-17(7-2)23-24(5)18(16)8-3/h15,25H,6-14H2,1-5H3,(H2,20,21,22). The van der Waals surface area contributed by atoms with E-state index in [9.17, 15) is 5.11 Å². The van der Waals surface area contributed by atoms with Crippen molar-refractivity contribution in [2.45, 2.75) is 66.3 Å². The van der Waals surface area contributed by atoms with Gasteiger partial charge >= 0.3 is 0 Å². The molecule has 25 heavy (non-hydrogen) atoms. The van der Waals surface area contributed by atoms with Gasteiger partial charge < -0.3 is 15.7 Å². The average molecular weight is 352 g/mol. The normalized spacial score (nSPS) is 13.1. The highest BCUT2D eigenvalue weighted by Crippen LogP contribution is 2.16. The maximum absolute atomic E-state index is 9.22. The molecule has 0 amide bonds. The van der Waals surface area contributed by atoms with E-state index in [1.807, 2.05) is 11.7 Å². The molecular weight excluding hydrogens is 314 g/mol. The first-order valence-corrected chi connectivity index (χ1v) is 9.77. The van der Waals surface area contributed by atoms with Gasteiger partial charge in [-0.25, -0.2) is 4.99 Å². The highest BCUT2D eigenvalue weighted by Gasteiger charge is 2.14. The summed E-state index contributed by atoms with van der Waals surface area (Å²) in [6.45, 7) is 11.1. The van der Waals surface area contributed by atoms with E-state index in [2.05, 4.69) is 43.4 Å². The van der Waals surface area contributed by atoms with Crippen molar-refractivity contribution in [1.29, 1.82) is 0 Å². The molecule has 1 aromatic rings. The first kappa shape index (κ1) is 21.5. The SMILES string of the molecule is CCCC(CCO)CNC(=NCc1c(CC)nn(C)c1CC)NCC. The van der Waals surface area contributed by atoms with E-state index in [0.29, 0.717) is 12.5 Å². The van der Waals surface area contributed by atoms with Gasteiger partial charge in [-0.2, -0.15) is 5.10 Å². The van der Waals surface area contributed by atoms with Crippen LogP contribution >= 0.6 is 0 Å². The van der Waals surface area contributed by atoms with E-state index in [4.69, 9.17) is 4.99 Å². The van der Waals surface area contributed by atoms with Crippen LogP contribution in [0.2, 0.25) is 0 Å². The number of aliphatic hydroxyl groups excluding tert-OH is 1. The lowest BCUT2D eigenvalue weighted by Gasteiger charge is -2.18. The number of rotatable bonds is 11. The molecule has 0 fully saturated rings. The molecule has 1 aromatic heterocycles. The van der Waals surface area contributed by atoms with E-state index < -0.39 is 0 Å². The minimum atomic E-state index is 0.245. The Hall–Kier alpha value is -1.56. The number of hydrogen-bond acceptors (Lipinski definition) is 3. The first-order chi connectivity index (χ1) is 12.1. The molecule has 1 atom stereocenters. The van der Waals surface area contributed by atoms with E-state index in [0.717, 1.165) is 56.8 Å². The van der Waals surface area contributed by atoms with Crippen LogP contribution in [0, 0.1) is 5.92 Å². The van der Waals surface area contributed by atoms with E-state index in [1.54, 1.807) is 0 Å². The number of aliphatic hydroxyl groups is 1. The number of aliphatic imine (C=N–C) groups is 1. The maximum atomic E-state index is 9.22. The Labute approximate surface area is 153 Å². The number of aromatic nitrogens is 2. The van der Waals surface area contributed by atoms with Crippen LogP contribution in [0.1, 0.15) is 63.9 Å². The van der Waals surface area contributed by atoms with Gasteiger partial charge in [0.25, 0.3) is 0 Å². The summed E-state index contributed by atoms with van der Waals surface area (Å²) in [6, 6.07) is 0. The van der Waals surface area contributed by atoms with E-state index >= 15 is 0 Å². The molecule has 0 aromatic carbocycles. The fourth-order valence-electron chi connectivity index (χ4n) is 3.25. The molecular formula is C19H37N5O. The van der Waals surface area contributed by atoms with Crippen LogP contribution in [0.25, 0.3) is 0 Å². The summed E-state index contributed by atoms with van der Waals surface area (Å²) < 4.78 is 1.99. The molecule has 0 aliphatic carbocycles. The molecule has 0 aliphatic heterocycles. The second-order valence-corrected chi connectivity index (χ2v) is 6.45. The van der Waals surface area contributed by atoms with Crippen LogP contribution in [0.5, 0.6) is 0 Å². The van der Waals surface area contributed by atoms with Crippen molar-refractivity contribution in [3.8, 4) is 0 Å². The van der Waals surface area contributed by atoms with Crippen LogP contribution < -0.4 is 10.6 Å². The Balaban J connectivity index is 2.81. The Morgan fingerprint density at radius 1 is 1.16 bits per heavy atom. The molecule has 0 bridgehead atoms. The molecule has 0 radical (unpaired) electrons. The number of hydrogen-bond donors (Lipinski definition) is 3. The van der Waals surface area contributed by atoms with Gasteiger partial charge in [-0.15, -0.1) is 0 Å². The average Bonchev–Trinajstić information content (AvgIpc) is 2.92. The van der Waals surface area contributed by atoms with Gasteiger partial charge in [-0.3, -0.25) is 4.68 Å². The van der Waals surface area contributed by atoms with Crippen molar-refractivity contribution in [2.24, 2.45) is 18.0 Å². The second-order valence-electron chi connectivity index (χ2n) is 6.45. The molecule has 1 heterocycles. The molecule has 6 nitrogen and oxygen atoms in total. The smallest absolute Gasteiger partial charge is 0.191 e. The van der Waals surface area contributed by atoms with Crippen molar-refractivity contribution in [3.63, 3.8) is 0 Å². The summed E-state index contributed by atoms with van der Waals surface area (Å²) in [4.78, 5) is 4.79. The monoisotopic (exact) mass is 351 g/mol. The molecule has 0 aliphatic rings. The highest BCUT2D eigenvalue weighted by molar-refractivity contribution is 5.79. The van der Waals surface area contributed by atoms with Crippen molar-refractivity contribution in [3.05, 3.63) is 17.0 Å². The van der Waals surface area contributed by atoms with Gasteiger partial charge in [0, 0.05) is 38.0 Å². The zero-order valence-electron chi connectivity index (χ0n) is 16.7. The van der Waals surface area contributed by atoms with Crippen LogP contribution in [0.4, 0.5) is 0 Å². The third-order valence-corrected chi connectivity index (χ3v) is 4.56. The predicted molar refractivity (Wildman–Crippen MR) is 105 cm³/mol. The quantitative estimate of drug-likeness (QED) is 0.423. The number of aryl methyl sites for hydroxylation is 2. The molecule has 1 rings (SSSR count). The van der Waals surface area contributed by atoms with Crippen LogP contribution in [0.3, 0.4) is 0 Å². The zero-order valence-corrected chi connectivity index (χ0v) is 16.7. The Bertz CT molecular complexity index is 518. The van der Waals surface area contributed by atoms with Gasteiger partial charge in [-0.05, 0) is 38.5 Å². The third kappa shape index (κ3) is 6.69. The second kappa shape index (κ2) is 11.9. The lowest BCUT2D eigenvalue weighted by atomic mass is 10.0. The van der Waals surface area contributed by atoms with Gasteiger partial charge in [0.15, 0.2) is 5.96 Å². The van der Waals surface area contributed by atoms with Crippen LogP contribution in [-0.4, -0.2) is 40.5 Å². The van der Waals surface area contributed by atoms with Gasteiger partial charge in [0.05, 0.1) is 12.2 Å². The Morgan fingerprint density at radius 2 is 1.92 bits per heavy atom. The summed E-state index contributed by atoms with van der Waals surface area (Å²) in [6.07, 6.45) is 4.99. The lowest BCUT2D eigenvalue weighted by molar-refractivity contribution is 0.251. The predicted octanol–water partition coefficient (Wildman–Crippen LogP) is 2.40. The minimum absolute atomic E-state index is 0.245. The van der Waals surface area contributed by atoms with Crippen molar-refractivity contribution in [1.82, 2.24) is 20.4 Å². The molecule has 0 saturated heterocycles. The summed E-state index contributed by atoms with van der Waals surface area (Å²) in [7, 11) is 2.01. The number of nitrogens with one attached hydrogen (secondary N) is 2. The molecule has 0 spiro atoms. The minimum Gasteiger partial charge on any atom is -0.396 e. The Kier molecular flexibility index (Phi) is 10.2. The number of guanidine groups is 1. The summed E-state index contributed by atoms with van der Waals surface area (Å²) in [5, 5.41) is 20.6. The highest BCUT2D eigenvalue weighted by atomic mass is 16.3. The molecule has 6 heteroatoms. The first-order valence-electron chi connectivity index (χ1n) is 9.77. The van der Waals surface area contributed by atoms with Crippen LogP contribution in [0.15, 0.2) is 4.99 Å². The molecule has 0 saturated carbocycles. The summed E-state index contributed by atoms with van der Waals surface area (Å²) in [5.74, 6) is 1.32. The zero-order chi connectivity index (χ0) is 18.7. The summed E-state index contributed by atoms with van der Waals surface area (Å²) >= 11 is 0. The third-order valence-electron chi connectivity index (χ3n) is 4.56. The molecule has 3 N–H and O–H groups in total. The van der Waals surface area contributed by atoms with Crippen LogP contribution in [-0.2, 0) is 26.4 Å². The van der Waals surface area contributed by atoms with Crippen molar-refractivity contribution >= 4 is 5.96 Å². The summed E-state index contributed by atoms with van der Waals surface area (Å²) in [5.41, 5.74) is 3.66.